The Balaban J connectivity index is 1.61. The van der Waals surface area contributed by atoms with Gasteiger partial charge in [-0.2, -0.15) is 0 Å². The lowest BCUT2D eigenvalue weighted by molar-refractivity contribution is -0.120. The van der Waals surface area contributed by atoms with Gasteiger partial charge in [0.05, 0.1) is 16.1 Å². The van der Waals surface area contributed by atoms with E-state index in [1.165, 1.54) is 0 Å². The van der Waals surface area contributed by atoms with Gasteiger partial charge < -0.3 is 4.90 Å². The molecule has 2 aromatic carbocycles. The molecule has 1 atom stereocenters. The average molecular weight is 357 g/mol. The first-order valence-corrected chi connectivity index (χ1v) is 8.77. The van der Waals surface area contributed by atoms with Gasteiger partial charge in [-0.05, 0) is 48.0 Å². The molecule has 0 saturated carbocycles. The first kappa shape index (κ1) is 15.3. The lowest BCUT2D eigenvalue weighted by Gasteiger charge is -2.16. The molecule has 4 rings (SSSR count). The van der Waals surface area contributed by atoms with E-state index in [-0.39, 0.29) is 12.3 Å². The Morgan fingerprint density at radius 3 is 2.58 bits per heavy atom. The molecule has 0 bridgehead atoms. The van der Waals surface area contributed by atoms with Crippen molar-refractivity contribution in [3.05, 3.63) is 48.5 Å². The van der Waals surface area contributed by atoms with Gasteiger partial charge >= 0.3 is 0 Å². The van der Waals surface area contributed by atoms with Crippen LogP contribution in [0.5, 0.6) is 0 Å². The maximum absolute atomic E-state index is 12.1. The third kappa shape index (κ3) is 2.70. The van der Waals surface area contributed by atoms with Gasteiger partial charge in [0.15, 0.2) is 0 Å². The van der Waals surface area contributed by atoms with Crippen LogP contribution in [0.1, 0.15) is 6.42 Å². The maximum Gasteiger partial charge on any atom is 0.227 e. The monoisotopic (exact) mass is 356 g/mol. The van der Waals surface area contributed by atoms with Crippen molar-refractivity contribution in [3.63, 3.8) is 0 Å². The maximum atomic E-state index is 12.1. The molecule has 1 fully saturated rings. The molecule has 1 aromatic heterocycles. The smallest absolute Gasteiger partial charge is 0.227 e. The van der Waals surface area contributed by atoms with E-state index in [1.54, 1.807) is 16.2 Å². The Bertz CT molecular complexity index is 903. The molecule has 1 saturated heterocycles. The number of rotatable bonds is 3. The summed E-state index contributed by atoms with van der Waals surface area (Å²) in [6.07, 6.45) is 0.182. The lowest BCUT2D eigenvalue weighted by Crippen LogP contribution is -2.25. The Morgan fingerprint density at radius 1 is 1.17 bits per heavy atom. The molecule has 1 aliphatic rings. The molecule has 0 aliphatic carbocycles. The van der Waals surface area contributed by atoms with E-state index in [9.17, 15) is 9.59 Å². The average Bonchev–Trinajstić information content (AvgIpc) is 3.18. The van der Waals surface area contributed by atoms with Crippen LogP contribution < -0.4 is 4.90 Å². The number of hydrogen-bond donors (Lipinski definition) is 0. The number of nitrogens with zero attached hydrogens (tertiary/aromatic N) is 2. The largest absolute Gasteiger partial charge is 0.312 e. The Morgan fingerprint density at radius 2 is 1.92 bits per heavy atom. The number of carbonyl (C=O) groups excluding carboxylic acids is 2. The number of carbonyl (C=O) groups is 2. The highest BCUT2D eigenvalue weighted by Crippen LogP contribution is 2.32. The molecular formula is C18H13ClN2O2S. The highest BCUT2D eigenvalue weighted by molar-refractivity contribution is 7.21. The standard InChI is InChI=1S/C18H13ClN2O2S/c19-17(23)12-9-16(22)21(10-12)13-7-5-11(6-8-13)18-20-14-3-1-2-4-15(14)24-18/h1-8,12H,9-10H2/t12-/m1/s1. The van der Waals surface area contributed by atoms with Gasteiger partial charge in [0.25, 0.3) is 0 Å². The van der Waals surface area contributed by atoms with Crippen LogP contribution >= 0.6 is 22.9 Å². The van der Waals surface area contributed by atoms with Gasteiger partial charge in [0.1, 0.15) is 5.01 Å². The fourth-order valence-corrected chi connectivity index (χ4v) is 4.01. The second kappa shape index (κ2) is 6.00. The summed E-state index contributed by atoms with van der Waals surface area (Å²) in [5, 5.41) is 0.501. The molecular weight excluding hydrogens is 344 g/mol. The Labute approximate surface area is 147 Å². The number of amides is 1. The van der Waals surface area contributed by atoms with Crippen LogP contribution in [-0.4, -0.2) is 22.7 Å². The third-order valence-corrected chi connectivity index (χ3v) is 5.56. The molecule has 0 N–H and O–H groups in total. The second-order valence-electron chi connectivity index (χ2n) is 5.74. The number of anilines is 1. The Hall–Kier alpha value is -2.24. The number of halogens is 1. The molecule has 2 heterocycles. The van der Waals surface area contributed by atoms with Crippen LogP contribution in [0, 0.1) is 5.92 Å². The number of thiazole rings is 1. The SMILES string of the molecule is O=C(Cl)[C@@H]1CC(=O)N(c2ccc(-c3nc4ccccc4s3)cc2)C1. The van der Waals surface area contributed by atoms with Crippen LogP contribution in [0.3, 0.4) is 0 Å². The summed E-state index contributed by atoms with van der Waals surface area (Å²) >= 11 is 7.16. The van der Waals surface area contributed by atoms with Crippen molar-refractivity contribution in [1.82, 2.24) is 4.98 Å². The van der Waals surface area contributed by atoms with Gasteiger partial charge in [-0.15, -0.1) is 11.3 Å². The molecule has 0 radical (unpaired) electrons. The first-order chi connectivity index (χ1) is 11.6. The van der Waals surface area contributed by atoms with Crippen molar-refractivity contribution in [2.75, 3.05) is 11.4 Å². The van der Waals surface area contributed by atoms with Crippen LogP contribution in [0.15, 0.2) is 48.5 Å². The van der Waals surface area contributed by atoms with E-state index in [2.05, 4.69) is 11.1 Å². The first-order valence-electron chi connectivity index (χ1n) is 7.57. The van der Waals surface area contributed by atoms with E-state index in [4.69, 9.17) is 11.6 Å². The molecule has 3 aromatic rings. The number of fused-ring (bicyclic) bond motifs is 1. The fourth-order valence-electron chi connectivity index (χ4n) is 2.89. The Kier molecular flexibility index (Phi) is 3.82. The molecule has 0 spiro atoms. The summed E-state index contributed by atoms with van der Waals surface area (Å²) in [4.78, 5) is 29.6. The zero-order valence-corrected chi connectivity index (χ0v) is 14.2. The van der Waals surface area contributed by atoms with Crippen molar-refractivity contribution in [2.24, 2.45) is 5.92 Å². The second-order valence-corrected chi connectivity index (χ2v) is 7.15. The van der Waals surface area contributed by atoms with E-state index in [0.29, 0.717) is 6.54 Å². The number of hydrogen-bond acceptors (Lipinski definition) is 4. The predicted molar refractivity (Wildman–Crippen MR) is 96.4 cm³/mol. The van der Waals surface area contributed by atoms with Gasteiger partial charge in [-0.1, -0.05) is 12.1 Å². The molecule has 0 unspecified atom stereocenters. The minimum atomic E-state index is -0.447. The van der Waals surface area contributed by atoms with Crippen molar-refractivity contribution in [1.29, 1.82) is 0 Å². The molecule has 6 heteroatoms. The number of para-hydroxylation sites is 1. The predicted octanol–water partition coefficient (Wildman–Crippen LogP) is 4.08. The van der Waals surface area contributed by atoms with E-state index in [1.807, 2.05) is 42.5 Å². The van der Waals surface area contributed by atoms with Crippen molar-refractivity contribution >= 4 is 50.0 Å². The minimum Gasteiger partial charge on any atom is -0.312 e. The summed E-state index contributed by atoms with van der Waals surface area (Å²) in [5.74, 6) is -0.482. The fraction of sp³-hybridized carbons (Fsp3) is 0.167. The number of benzene rings is 2. The van der Waals surface area contributed by atoms with Gasteiger partial charge in [-0.3, -0.25) is 9.59 Å². The molecule has 120 valence electrons. The minimum absolute atomic E-state index is 0.0678. The summed E-state index contributed by atoms with van der Waals surface area (Å²) in [6.45, 7) is 0.349. The van der Waals surface area contributed by atoms with Crippen molar-refractivity contribution < 1.29 is 9.59 Å². The van der Waals surface area contributed by atoms with E-state index >= 15 is 0 Å². The van der Waals surface area contributed by atoms with Crippen molar-refractivity contribution in [3.8, 4) is 10.6 Å². The highest BCUT2D eigenvalue weighted by atomic mass is 35.5. The van der Waals surface area contributed by atoms with Gasteiger partial charge in [0, 0.05) is 24.2 Å². The zero-order valence-electron chi connectivity index (χ0n) is 12.6. The van der Waals surface area contributed by atoms with E-state index in [0.717, 1.165) is 26.5 Å². The van der Waals surface area contributed by atoms with Gasteiger partial charge in [-0.25, -0.2) is 4.98 Å². The lowest BCUT2D eigenvalue weighted by atomic mass is 10.1. The van der Waals surface area contributed by atoms with Crippen LogP contribution in [0.2, 0.25) is 0 Å². The quantitative estimate of drug-likeness (QED) is 0.664. The van der Waals surface area contributed by atoms with Crippen LogP contribution in [-0.2, 0) is 9.59 Å². The van der Waals surface area contributed by atoms with Crippen LogP contribution in [0.25, 0.3) is 20.8 Å². The van der Waals surface area contributed by atoms with Crippen molar-refractivity contribution in [2.45, 2.75) is 6.42 Å². The van der Waals surface area contributed by atoms with E-state index < -0.39 is 11.2 Å². The highest BCUT2D eigenvalue weighted by Gasteiger charge is 2.34. The molecule has 24 heavy (non-hydrogen) atoms. The summed E-state index contributed by atoms with van der Waals surface area (Å²) in [5.41, 5.74) is 2.78. The zero-order chi connectivity index (χ0) is 16.7. The number of aromatic nitrogens is 1. The summed E-state index contributed by atoms with van der Waals surface area (Å²) in [6, 6.07) is 15.7. The third-order valence-electron chi connectivity index (χ3n) is 4.17. The summed E-state index contributed by atoms with van der Waals surface area (Å²) < 4.78 is 1.15. The molecule has 1 amide bonds. The van der Waals surface area contributed by atoms with Crippen LogP contribution in [0.4, 0.5) is 5.69 Å². The normalized spacial score (nSPS) is 17.6. The molecule has 4 nitrogen and oxygen atoms in total. The molecule has 1 aliphatic heterocycles. The van der Waals surface area contributed by atoms with Gasteiger partial charge in [0.2, 0.25) is 11.1 Å². The topological polar surface area (TPSA) is 50.3 Å². The summed E-state index contributed by atoms with van der Waals surface area (Å²) in [7, 11) is 0.